The molecule has 0 atom stereocenters. The molecule has 4 nitrogen and oxygen atoms in total. The average molecular weight is 277 g/mol. The maximum atomic E-state index is 12.4. The van der Waals surface area contributed by atoms with Crippen molar-refractivity contribution in [1.82, 2.24) is 10.3 Å². The number of carbonyl (C=O) groups excluding carboxylic acids is 1. The first kappa shape index (κ1) is 13.1. The Morgan fingerprint density at radius 2 is 1.76 bits per heavy atom. The molecule has 0 bridgehead atoms. The molecule has 1 heterocycles. The summed E-state index contributed by atoms with van der Waals surface area (Å²) in [6.45, 7) is 0.482. The lowest BCUT2D eigenvalue weighted by molar-refractivity contribution is 0.0952. The normalized spacial score (nSPS) is 10.5. The maximum Gasteiger partial charge on any atom is 0.252 e. The standard InChI is InChI=1S/C17H15N3O/c18-16-10-14(13-8-4-5-9-15(13)20-16)17(21)19-11-12-6-2-1-3-7-12/h1-10H,11H2,(H2,18,20)(H,19,21). The summed E-state index contributed by atoms with van der Waals surface area (Å²) in [5, 5.41) is 3.72. The van der Waals surface area contributed by atoms with Gasteiger partial charge in [0.05, 0.1) is 11.1 Å². The van der Waals surface area contributed by atoms with E-state index in [-0.39, 0.29) is 5.91 Å². The topological polar surface area (TPSA) is 68.0 Å². The predicted molar refractivity (Wildman–Crippen MR) is 83.8 cm³/mol. The number of nitrogens with one attached hydrogen (secondary N) is 1. The largest absolute Gasteiger partial charge is 0.384 e. The van der Waals surface area contributed by atoms with E-state index in [1.54, 1.807) is 6.07 Å². The molecule has 1 amide bonds. The van der Waals surface area contributed by atoms with Crippen molar-refractivity contribution in [2.45, 2.75) is 6.54 Å². The third kappa shape index (κ3) is 2.84. The van der Waals surface area contributed by atoms with Gasteiger partial charge in [0.2, 0.25) is 0 Å². The SMILES string of the molecule is Nc1cc(C(=O)NCc2ccccc2)c2ccccc2n1. The molecule has 4 heteroatoms. The third-order valence-electron chi connectivity index (χ3n) is 3.28. The number of hydrogen-bond donors (Lipinski definition) is 2. The Hall–Kier alpha value is -2.88. The smallest absolute Gasteiger partial charge is 0.252 e. The van der Waals surface area contributed by atoms with Crippen LogP contribution < -0.4 is 11.1 Å². The highest BCUT2D eigenvalue weighted by molar-refractivity contribution is 6.06. The first-order valence-electron chi connectivity index (χ1n) is 6.71. The fourth-order valence-corrected chi connectivity index (χ4v) is 2.26. The van der Waals surface area contributed by atoms with E-state index in [1.165, 1.54) is 0 Å². The summed E-state index contributed by atoms with van der Waals surface area (Å²) >= 11 is 0. The number of aromatic nitrogens is 1. The molecule has 21 heavy (non-hydrogen) atoms. The molecule has 3 N–H and O–H groups in total. The van der Waals surface area contributed by atoms with E-state index in [1.807, 2.05) is 54.6 Å². The van der Waals surface area contributed by atoms with Crippen LogP contribution in [0.5, 0.6) is 0 Å². The Bertz CT molecular complexity index is 784. The van der Waals surface area contributed by atoms with Gasteiger partial charge in [-0.05, 0) is 17.7 Å². The molecule has 0 aliphatic heterocycles. The first-order valence-corrected chi connectivity index (χ1v) is 6.71. The highest BCUT2D eigenvalue weighted by Crippen LogP contribution is 2.19. The Labute approximate surface area is 122 Å². The predicted octanol–water partition coefficient (Wildman–Crippen LogP) is 2.75. The zero-order chi connectivity index (χ0) is 14.7. The zero-order valence-electron chi connectivity index (χ0n) is 11.4. The number of carbonyl (C=O) groups is 1. The molecule has 0 saturated heterocycles. The Balaban J connectivity index is 1.88. The van der Waals surface area contributed by atoms with Crippen molar-refractivity contribution in [1.29, 1.82) is 0 Å². The number of fused-ring (bicyclic) bond motifs is 1. The lowest BCUT2D eigenvalue weighted by Gasteiger charge is -2.09. The quantitative estimate of drug-likeness (QED) is 0.773. The fraction of sp³-hybridized carbons (Fsp3) is 0.0588. The van der Waals surface area contributed by atoms with Gasteiger partial charge in [-0.15, -0.1) is 0 Å². The van der Waals surface area contributed by atoms with Crippen LogP contribution in [0, 0.1) is 0 Å². The molecule has 0 unspecified atom stereocenters. The lowest BCUT2D eigenvalue weighted by atomic mass is 10.1. The van der Waals surface area contributed by atoms with E-state index >= 15 is 0 Å². The number of rotatable bonds is 3. The molecule has 2 aromatic carbocycles. The molecular formula is C17H15N3O. The van der Waals surface area contributed by atoms with Gasteiger partial charge in [-0.2, -0.15) is 0 Å². The Morgan fingerprint density at radius 3 is 2.57 bits per heavy atom. The fourth-order valence-electron chi connectivity index (χ4n) is 2.26. The monoisotopic (exact) mass is 277 g/mol. The number of nitrogen functional groups attached to an aromatic ring is 1. The maximum absolute atomic E-state index is 12.4. The van der Waals surface area contributed by atoms with Gasteiger partial charge in [-0.1, -0.05) is 48.5 Å². The summed E-state index contributed by atoms with van der Waals surface area (Å²) in [5.41, 5.74) is 8.11. The van der Waals surface area contributed by atoms with Gasteiger partial charge in [0.1, 0.15) is 5.82 Å². The molecule has 0 aliphatic carbocycles. The van der Waals surface area contributed by atoms with E-state index < -0.39 is 0 Å². The molecule has 0 radical (unpaired) electrons. The second-order valence-electron chi connectivity index (χ2n) is 4.78. The van der Waals surface area contributed by atoms with Crippen molar-refractivity contribution in [3.8, 4) is 0 Å². The van der Waals surface area contributed by atoms with Crippen LogP contribution in [-0.2, 0) is 6.54 Å². The summed E-state index contributed by atoms with van der Waals surface area (Å²) in [6.07, 6.45) is 0. The van der Waals surface area contributed by atoms with Gasteiger partial charge < -0.3 is 11.1 Å². The lowest BCUT2D eigenvalue weighted by Crippen LogP contribution is -2.23. The summed E-state index contributed by atoms with van der Waals surface area (Å²) in [5.74, 6) is 0.197. The van der Waals surface area contributed by atoms with E-state index in [9.17, 15) is 4.79 Å². The molecule has 3 rings (SSSR count). The van der Waals surface area contributed by atoms with Crippen molar-refractivity contribution in [2.75, 3.05) is 5.73 Å². The minimum atomic E-state index is -0.149. The summed E-state index contributed by atoms with van der Waals surface area (Å²) in [6, 6.07) is 18.9. The molecular weight excluding hydrogens is 262 g/mol. The van der Waals surface area contributed by atoms with E-state index in [0.29, 0.717) is 17.9 Å². The number of hydrogen-bond acceptors (Lipinski definition) is 3. The molecule has 0 saturated carbocycles. The highest BCUT2D eigenvalue weighted by Gasteiger charge is 2.11. The first-order chi connectivity index (χ1) is 10.2. The van der Waals surface area contributed by atoms with Crippen molar-refractivity contribution in [2.24, 2.45) is 0 Å². The Morgan fingerprint density at radius 1 is 1.05 bits per heavy atom. The van der Waals surface area contributed by atoms with Crippen LogP contribution in [-0.4, -0.2) is 10.9 Å². The molecule has 0 fully saturated rings. The number of amides is 1. The number of benzene rings is 2. The van der Waals surface area contributed by atoms with Crippen LogP contribution in [0.3, 0.4) is 0 Å². The molecule has 0 spiro atoms. The van der Waals surface area contributed by atoms with Crippen LogP contribution in [0.15, 0.2) is 60.7 Å². The zero-order valence-corrected chi connectivity index (χ0v) is 11.4. The molecule has 3 aromatic rings. The average Bonchev–Trinajstić information content (AvgIpc) is 2.52. The number of nitrogens with zero attached hydrogens (tertiary/aromatic N) is 1. The van der Waals surface area contributed by atoms with Crippen molar-refractivity contribution < 1.29 is 4.79 Å². The van der Waals surface area contributed by atoms with Crippen LogP contribution >= 0.6 is 0 Å². The van der Waals surface area contributed by atoms with E-state index in [0.717, 1.165) is 16.5 Å². The van der Waals surface area contributed by atoms with Gasteiger partial charge >= 0.3 is 0 Å². The van der Waals surface area contributed by atoms with Gasteiger partial charge in [-0.3, -0.25) is 4.79 Å². The molecule has 104 valence electrons. The van der Waals surface area contributed by atoms with Gasteiger partial charge in [0.15, 0.2) is 0 Å². The third-order valence-corrected chi connectivity index (χ3v) is 3.28. The van der Waals surface area contributed by atoms with E-state index in [4.69, 9.17) is 5.73 Å². The molecule has 1 aromatic heterocycles. The van der Waals surface area contributed by atoms with Crippen molar-refractivity contribution >= 4 is 22.6 Å². The van der Waals surface area contributed by atoms with Crippen LogP contribution in [0.1, 0.15) is 15.9 Å². The number of pyridine rings is 1. The summed E-state index contributed by atoms with van der Waals surface area (Å²) in [4.78, 5) is 16.6. The van der Waals surface area contributed by atoms with Gasteiger partial charge in [0.25, 0.3) is 5.91 Å². The second kappa shape index (κ2) is 5.63. The van der Waals surface area contributed by atoms with E-state index in [2.05, 4.69) is 10.3 Å². The van der Waals surface area contributed by atoms with Crippen LogP contribution in [0.2, 0.25) is 0 Å². The highest BCUT2D eigenvalue weighted by atomic mass is 16.1. The minimum absolute atomic E-state index is 0.149. The van der Waals surface area contributed by atoms with Crippen molar-refractivity contribution in [3.63, 3.8) is 0 Å². The summed E-state index contributed by atoms with van der Waals surface area (Å²) < 4.78 is 0. The Kier molecular flexibility index (Phi) is 3.51. The summed E-state index contributed by atoms with van der Waals surface area (Å²) in [7, 11) is 0. The van der Waals surface area contributed by atoms with Gasteiger partial charge in [0, 0.05) is 11.9 Å². The second-order valence-corrected chi connectivity index (χ2v) is 4.78. The number of anilines is 1. The molecule has 0 aliphatic rings. The van der Waals surface area contributed by atoms with Crippen molar-refractivity contribution in [3.05, 3.63) is 71.8 Å². The number of nitrogens with two attached hydrogens (primary N) is 1. The number of para-hydroxylation sites is 1. The van der Waals surface area contributed by atoms with Crippen LogP contribution in [0.4, 0.5) is 5.82 Å². The van der Waals surface area contributed by atoms with Crippen LogP contribution in [0.25, 0.3) is 10.9 Å². The van der Waals surface area contributed by atoms with Gasteiger partial charge in [-0.25, -0.2) is 4.98 Å². The minimum Gasteiger partial charge on any atom is -0.384 e.